The maximum absolute atomic E-state index is 11.5. The minimum atomic E-state index is -2.55. The Labute approximate surface area is 71.0 Å². The smallest absolute Gasteiger partial charge is 0.125 e. The Balaban J connectivity index is 2.71. The van der Waals surface area contributed by atoms with Crippen LogP contribution in [-0.2, 0) is 16.1 Å². The van der Waals surface area contributed by atoms with Gasteiger partial charge in [0.1, 0.15) is 5.82 Å². The molecule has 0 amide bonds. The summed E-state index contributed by atoms with van der Waals surface area (Å²) in [6.45, 7) is 1.80. The molecule has 0 spiro atoms. The molecule has 1 unspecified atom stereocenters. The van der Waals surface area contributed by atoms with Gasteiger partial charge in [0.05, 0.1) is 20.3 Å². The highest BCUT2D eigenvalue weighted by atomic mass is 32.2. The van der Waals surface area contributed by atoms with Crippen molar-refractivity contribution < 1.29 is 4.21 Å². The lowest BCUT2D eigenvalue weighted by Gasteiger charge is -1.98. The summed E-state index contributed by atoms with van der Waals surface area (Å²) < 4.78 is 19.0. The van der Waals surface area contributed by atoms with Crippen LogP contribution in [0.3, 0.4) is 0 Å². The number of nitrogens with zero attached hydrogens (tertiary/aromatic N) is 2. The van der Waals surface area contributed by atoms with Crippen molar-refractivity contribution >= 4 is 9.73 Å². The Morgan fingerprint density at radius 1 is 1.67 bits per heavy atom. The fourth-order valence-corrected chi connectivity index (χ4v) is 2.76. The fraction of sp³-hybridized carbons (Fsp3) is 0.429. The standard InChI is InChI=1S/C7H9N3OS/c1-5-9-4-7-6(10-5)2-3-12(7,8)11/h4,8H,2-3H2,1H3. The first-order valence-corrected chi connectivity index (χ1v) is 5.41. The molecule has 0 saturated heterocycles. The maximum Gasteiger partial charge on any atom is 0.125 e. The Hall–Kier alpha value is -0.970. The van der Waals surface area contributed by atoms with Crippen molar-refractivity contribution in [3.63, 3.8) is 0 Å². The van der Waals surface area contributed by atoms with Gasteiger partial charge in [-0.2, -0.15) is 0 Å². The average molecular weight is 183 g/mol. The minimum absolute atomic E-state index is 0.403. The first-order chi connectivity index (χ1) is 5.59. The lowest BCUT2D eigenvalue weighted by Crippen LogP contribution is -1.98. The van der Waals surface area contributed by atoms with E-state index in [4.69, 9.17) is 4.78 Å². The predicted octanol–water partition coefficient (Wildman–Crippen LogP) is 0.747. The Bertz CT molecular complexity index is 424. The van der Waals surface area contributed by atoms with Gasteiger partial charge in [-0.15, -0.1) is 0 Å². The second-order valence-corrected chi connectivity index (χ2v) is 5.06. The number of hydrogen-bond donors (Lipinski definition) is 1. The molecule has 12 heavy (non-hydrogen) atoms. The molecule has 1 N–H and O–H groups in total. The molecule has 0 aromatic carbocycles. The van der Waals surface area contributed by atoms with Gasteiger partial charge in [-0.3, -0.25) is 0 Å². The van der Waals surface area contributed by atoms with Crippen LogP contribution in [-0.4, -0.2) is 19.9 Å². The van der Waals surface area contributed by atoms with Gasteiger partial charge in [0.25, 0.3) is 0 Å². The summed E-state index contributed by atoms with van der Waals surface area (Å²) in [6, 6.07) is 0. The largest absolute Gasteiger partial charge is 0.249 e. The van der Waals surface area contributed by atoms with Gasteiger partial charge >= 0.3 is 0 Å². The predicted molar refractivity (Wildman–Crippen MR) is 44.5 cm³/mol. The van der Waals surface area contributed by atoms with Crippen molar-refractivity contribution in [2.24, 2.45) is 0 Å². The monoisotopic (exact) mass is 183 g/mol. The van der Waals surface area contributed by atoms with E-state index >= 15 is 0 Å². The lowest BCUT2D eigenvalue weighted by molar-refractivity contribution is 0.677. The normalized spacial score (nSPS) is 27.1. The third-order valence-corrected chi connectivity index (χ3v) is 3.76. The van der Waals surface area contributed by atoms with Gasteiger partial charge < -0.3 is 0 Å². The molecule has 4 nitrogen and oxygen atoms in total. The molecule has 0 saturated carbocycles. The van der Waals surface area contributed by atoms with Crippen molar-refractivity contribution in [2.75, 3.05) is 5.75 Å². The van der Waals surface area contributed by atoms with Crippen molar-refractivity contribution in [1.82, 2.24) is 9.97 Å². The first kappa shape index (κ1) is 7.67. The van der Waals surface area contributed by atoms with Crippen molar-refractivity contribution in [3.05, 3.63) is 17.7 Å². The van der Waals surface area contributed by atoms with Crippen molar-refractivity contribution in [2.45, 2.75) is 18.2 Å². The van der Waals surface area contributed by atoms with Crippen LogP contribution in [0.4, 0.5) is 0 Å². The molecule has 1 aliphatic rings. The second-order valence-electron chi connectivity index (χ2n) is 2.86. The molecular weight excluding hydrogens is 174 g/mol. The SMILES string of the molecule is Cc1ncc2c(n1)CCS2(=N)=O. The molecule has 2 heterocycles. The highest BCUT2D eigenvalue weighted by Crippen LogP contribution is 2.23. The van der Waals surface area contributed by atoms with Crippen LogP contribution in [0.1, 0.15) is 11.5 Å². The van der Waals surface area contributed by atoms with E-state index in [0.717, 1.165) is 5.69 Å². The molecule has 5 heteroatoms. The van der Waals surface area contributed by atoms with Gasteiger partial charge in [0.15, 0.2) is 0 Å². The molecule has 0 aliphatic carbocycles. The Kier molecular flexibility index (Phi) is 1.44. The number of aromatic nitrogens is 2. The third-order valence-electron chi connectivity index (χ3n) is 1.93. The third kappa shape index (κ3) is 1.01. The molecular formula is C7H9N3OS. The lowest BCUT2D eigenvalue weighted by atomic mass is 10.3. The number of rotatable bonds is 0. The number of nitrogens with one attached hydrogen (secondary N) is 1. The molecule has 2 rings (SSSR count). The molecule has 0 radical (unpaired) electrons. The highest BCUT2D eigenvalue weighted by molar-refractivity contribution is 7.92. The van der Waals surface area contributed by atoms with E-state index in [0.29, 0.717) is 22.9 Å². The van der Waals surface area contributed by atoms with Crippen molar-refractivity contribution in [1.29, 1.82) is 4.78 Å². The zero-order chi connectivity index (χ0) is 8.77. The van der Waals surface area contributed by atoms with E-state index in [9.17, 15) is 4.21 Å². The van der Waals surface area contributed by atoms with Gasteiger partial charge in [-0.1, -0.05) is 0 Å². The zero-order valence-corrected chi connectivity index (χ0v) is 7.52. The van der Waals surface area contributed by atoms with Crippen LogP contribution in [0.5, 0.6) is 0 Å². The van der Waals surface area contributed by atoms with Crippen LogP contribution in [0, 0.1) is 11.7 Å². The Morgan fingerprint density at radius 2 is 2.42 bits per heavy atom. The van der Waals surface area contributed by atoms with Gasteiger partial charge in [0, 0.05) is 18.4 Å². The Morgan fingerprint density at radius 3 is 3.17 bits per heavy atom. The summed E-state index contributed by atoms with van der Waals surface area (Å²) in [5.74, 6) is 1.09. The van der Waals surface area contributed by atoms with Crippen LogP contribution in [0.2, 0.25) is 0 Å². The molecule has 1 aromatic heterocycles. The molecule has 1 aliphatic heterocycles. The average Bonchev–Trinajstić information content (AvgIpc) is 2.27. The summed E-state index contributed by atoms with van der Waals surface area (Å²) >= 11 is 0. The van der Waals surface area contributed by atoms with Crippen LogP contribution < -0.4 is 0 Å². The summed E-state index contributed by atoms with van der Waals surface area (Å²) in [7, 11) is -2.55. The maximum atomic E-state index is 11.5. The van der Waals surface area contributed by atoms with Gasteiger partial charge in [0.2, 0.25) is 0 Å². The van der Waals surface area contributed by atoms with E-state index in [2.05, 4.69) is 9.97 Å². The summed E-state index contributed by atoms with van der Waals surface area (Å²) in [5.41, 5.74) is 0.794. The molecule has 0 fully saturated rings. The minimum Gasteiger partial charge on any atom is -0.249 e. The first-order valence-electron chi connectivity index (χ1n) is 3.68. The van der Waals surface area contributed by atoms with E-state index in [1.165, 1.54) is 6.20 Å². The number of hydrogen-bond acceptors (Lipinski definition) is 4. The van der Waals surface area contributed by atoms with E-state index < -0.39 is 9.73 Å². The topological polar surface area (TPSA) is 66.7 Å². The molecule has 64 valence electrons. The van der Waals surface area contributed by atoms with E-state index in [-0.39, 0.29) is 0 Å². The summed E-state index contributed by atoms with van der Waals surface area (Å²) in [5, 5.41) is 0. The summed E-state index contributed by atoms with van der Waals surface area (Å²) in [6.07, 6.45) is 2.18. The van der Waals surface area contributed by atoms with Gasteiger partial charge in [-0.05, 0) is 6.92 Å². The highest BCUT2D eigenvalue weighted by Gasteiger charge is 2.24. The number of aryl methyl sites for hydroxylation is 2. The van der Waals surface area contributed by atoms with Crippen LogP contribution in [0.15, 0.2) is 11.1 Å². The molecule has 1 aromatic rings. The van der Waals surface area contributed by atoms with Crippen LogP contribution >= 0.6 is 0 Å². The number of fused-ring (bicyclic) bond motifs is 1. The van der Waals surface area contributed by atoms with Crippen LogP contribution in [0.25, 0.3) is 0 Å². The van der Waals surface area contributed by atoms with E-state index in [1.54, 1.807) is 6.92 Å². The zero-order valence-electron chi connectivity index (χ0n) is 6.70. The summed E-state index contributed by atoms with van der Waals surface area (Å²) in [4.78, 5) is 8.61. The molecule has 0 bridgehead atoms. The second kappa shape index (κ2) is 2.26. The van der Waals surface area contributed by atoms with Crippen molar-refractivity contribution in [3.8, 4) is 0 Å². The molecule has 1 atom stereocenters. The quantitative estimate of drug-likeness (QED) is 0.645. The van der Waals surface area contributed by atoms with Gasteiger partial charge in [-0.25, -0.2) is 19.0 Å². The fourth-order valence-electron chi connectivity index (χ4n) is 1.31. The van der Waals surface area contributed by atoms with E-state index in [1.807, 2.05) is 0 Å².